The van der Waals surface area contributed by atoms with Crippen LogP contribution in [0, 0.1) is 5.82 Å². The fourth-order valence-electron chi connectivity index (χ4n) is 1.27. The third kappa shape index (κ3) is 2.16. The Balaban J connectivity index is 2.52. The monoisotopic (exact) mass is 284 g/mol. The Morgan fingerprint density at radius 2 is 2.13 bits per heavy atom. The molecule has 15 heavy (non-hydrogen) atoms. The third-order valence-corrected chi connectivity index (χ3v) is 3.33. The topological polar surface area (TPSA) is 17.1 Å². The second kappa shape index (κ2) is 4.24. The van der Waals surface area contributed by atoms with Gasteiger partial charge in [-0.15, -0.1) is 11.3 Å². The molecule has 2 aromatic rings. The molecule has 0 N–H and O–H groups in total. The molecule has 1 nitrogen and oxygen atoms in total. The molecule has 0 unspecified atom stereocenters. The van der Waals surface area contributed by atoms with Gasteiger partial charge in [-0.2, -0.15) is 0 Å². The first-order valence-corrected chi connectivity index (χ1v) is 5.87. The van der Waals surface area contributed by atoms with Gasteiger partial charge in [-0.25, -0.2) is 4.39 Å². The molecule has 76 valence electrons. The fourth-order valence-corrected chi connectivity index (χ4v) is 2.34. The summed E-state index contributed by atoms with van der Waals surface area (Å²) >= 11 is 4.59. The highest BCUT2D eigenvalue weighted by atomic mass is 79.9. The standard InChI is InChI=1S/C11H6BrFOS/c12-8-1-2-11(13)10(4-8)7-3-9(5-14)15-6-7/h1-6H. The van der Waals surface area contributed by atoms with Crippen LogP contribution in [0.3, 0.4) is 0 Å². The van der Waals surface area contributed by atoms with E-state index in [4.69, 9.17) is 0 Å². The molecule has 2 rings (SSSR count). The second-order valence-corrected chi connectivity index (χ2v) is 4.84. The van der Waals surface area contributed by atoms with Gasteiger partial charge in [-0.1, -0.05) is 15.9 Å². The van der Waals surface area contributed by atoms with Crippen molar-refractivity contribution >= 4 is 33.6 Å². The van der Waals surface area contributed by atoms with E-state index in [1.807, 2.05) is 0 Å². The molecular formula is C11H6BrFOS. The summed E-state index contributed by atoms with van der Waals surface area (Å²) in [4.78, 5) is 11.1. The van der Waals surface area contributed by atoms with E-state index in [9.17, 15) is 9.18 Å². The Bertz CT molecular complexity index is 507. The molecule has 0 aliphatic carbocycles. The van der Waals surface area contributed by atoms with Gasteiger partial charge >= 0.3 is 0 Å². The number of benzene rings is 1. The number of hydrogen-bond acceptors (Lipinski definition) is 2. The van der Waals surface area contributed by atoms with E-state index in [0.29, 0.717) is 10.4 Å². The van der Waals surface area contributed by atoms with Crippen molar-refractivity contribution in [2.24, 2.45) is 0 Å². The molecule has 4 heteroatoms. The number of aldehydes is 1. The number of rotatable bonds is 2. The van der Waals surface area contributed by atoms with Gasteiger partial charge in [0, 0.05) is 10.0 Å². The van der Waals surface area contributed by atoms with Crippen molar-refractivity contribution in [2.75, 3.05) is 0 Å². The highest BCUT2D eigenvalue weighted by molar-refractivity contribution is 9.10. The lowest BCUT2D eigenvalue weighted by Crippen LogP contribution is -1.81. The smallest absolute Gasteiger partial charge is 0.160 e. The average molecular weight is 285 g/mol. The molecule has 0 radical (unpaired) electrons. The van der Waals surface area contributed by atoms with Crippen LogP contribution in [0.25, 0.3) is 11.1 Å². The van der Waals surface area contributed by atoms with Crippen LogP contribution in [0.4, 0.5) is 4.39 Å². The molecule has 1 aromatic heterocycles. The average Bonchev–Trinajstić information content (AvgIpc) is 2.70. The molecule has 0 amide bonds. The summed E-state index contributed by atoms with van der Waals surface area (Å²) in [5.41, 5.74) is 1.25. The van der Waals surface area contributed by atoms with Crippen molar-refractivity contribution in [1.29, 1.82) is 0 Å². The first kappa shape index (κ1) is 10.5. The van der Waals surface area contributed by atoms with Crippen LogP contribution < -0.4 is 0 Å². The first-order valence-electron chi connectivity index (χ1n) is 4.20. The number of halogens is 2. The van der Waals surface area contributed by atoms with Gasteiger partial charge in [0.05, 0.1) is 4.88 Å². The maximum Gasteiger partial charge on any atom is 0.160 e. The van der Waals surface area contributed by atoms with Crippen molar-refractivity contribution in [3.05, 3.63) is 44.8 Å². The van der Waals surface area contributed by atoms with E-state index in [1.54, 1.807) is 23.6 Å². The summed E-state index contributed by atoms with van der Waals surface area (Å²) in [6, 6.07) is 6.43. The predicted molar refractivity (Wildman–Crippen MR) is 62.8 cm³/mol. The minimum atomic E-state index is -0.284. The van der Waals surface area contributed by atoms with E-state index in [0.717, 1.165) is 16.3 Å². The van der Waals surface area contributed by atoms with Gasteiger partial charge in [-0.05, 0) is 35.2 Å². The number of carbonyl (C=O) groups is 1. The SMILES string of the molecule is O=Cc1cc(-c2cc(Br)ccc2F)cs1. The highest BCUT2D eigenvalue weighted by Gasteiger charge is 2.07. The van der Waals surface area contributed by atoms with Gasteiger partial charge in [0.25, 0.3) is 0 Å². The molecule has 0 saturated heterocycles. The summed E-state index contributed by atoms with van der Waals surface area (Å²) < 4.78 is 14.3. The maximum absolute atomic E-state index is 13.5. The molecule has 1 heterocycles. The summed E-state index contributed by atoms with van der Waals surface area (Å²) in [5, 5.41) is 1.77. The summed E-state index contributed by atoms with van der Waals surface area (Å²) in [7, 11) is 0. The molecule has 0 bridgehead atoms. The molecule has 0 saturated carbocycles. The largest absolute Gasteiger partial charge is 0.297 e. The van der Waals surface area contributed by atoms with Gasteiger partial charge in [0.2, 0.25) is 0 Å². The maximum atomic E-state index is 13.5. The van der Waals surface area contributed by atoms with Crippen molar-refractivity contribution < 1.29 is 9.18 Å². The lowest BCUT2D eigenvalue weighted by Gasteiger charge is -2.00. The van der Waals surface area contributed by atoms with E-state index in [-0.39, 0.29) is 5.82 Å². The van der Waals surface area contributed by atoms with Gasteiger partial charge < -0.3 is 0 Å². The van der Waals surface area contributed by atoms with Crippen molar-refractivity contribution in [2.45, 2.75) is 0 Å². The lowest BCUT2D eigenvalue weighted by molar-refractivity contribution is 0.112. The number of carbonyl (C=O) groups excluding carboxylic acids is 1. The van der Waals surface area contributed by atoms with E-state index in [2.05, 4.69) is 15.9 Å². The van der Waals surface area contributed by atoms with Crippen LogP contribution >= 0.6 is 27.3 Å². The van der Waals surface area contributed by atoms with Crippen molar-refractivity contribution in [1.82, 2.24) is 0 Å². The molecular weight excluding hydrogens is 279 g/mol. The number of hydrogen-bond donors (Lipinski definition) is 0. The Morgan fingerprint density at radius 1 is 1.33 bits per heavy atom. The van der Waals surface area contributed by atoms with Crippen LogP contribution in [0.2, 0.25) is 0 Å². The Kier molecular flexibility index (Phi) is 2.98. The van der Waals surface area contributed by atoms with Crippen LogP contribution in [0.5, 0.6) is 0 Å². The third-order valence-electron chi connectivity index (χ3n) is 1.98. The summed E-state index contributed by atoms with van der Waals surface area (Å²) in [6.45, 7) is 0. The van der Waals surface area contributed by atoms with E-state index >= 15 is 0 Å². The Morgan fingerprint density at radius 3 is 2.80 bits per heavy atom. The molecule has 0 atom stereocenters. The minimum Gasteiger partial charge on any atom is -0.297 e. The Labute approximate surface area is 98.7 Å². The zero-order chi connectivity index (χ0) is 10.8. The summed E-state index contributed by atoms with van der Waals surface area (Å²) in [5.74, 6) is -0.284. The summed E-state index contributed by atoms with van der Waals surface area (Å²) in [6.07, 6.45) is 0.768. The first-order chi connectivity index (χ1) is 7.20. The highest BCUT2D eigenvalue weighted by Crippen LogP contribution is 2.29. The van der Waals surface area contributed by atoms with Crippen LogP contribution in [-0.2, 0) is 0 Å². The molecule has 0 spiro atoms. The van der Waals surface area contributed by atoms with Gasteiger partial charge in [0.15, 0.2) is 6.29 Å². The van der Waals surface area contributed by atoms with Crippen molar-refractivity contribution in [3.63, 3.8) is 0 Å². The number of thiophene rings is 1. The van der Waals surface area contributed by atoms with Crippen LogP contribution in [0.15, 0.2) is 34.1 Å². The van der Waals surface area contributed by atoms with Crippen molar-refractivity contribution in [3.8, 4) is 11.1 Å². The quantitative estimate of drug-likeness (QED) is 0.758. The Hall–Kier alpha value is -1.00. The zero-order valence-corrected chi connectivity index (χ0v) is 9.94. The van der Waals surface area contributed by atoms with E-state index in [1.165, 1.54) is 17.4 Å². The molecule has 0 aliphatic rings. The zero-order valence-electron chi connectivity index (χ0n) is 7.54. The van der Waals surface area contributed by atoms with Crippen LogP contribution in [0.1, 0.15) is 9.67 Å². The van der Waals surface area contributed by atoms with E-state index < -0.39 is 0 Å². The van der Waals surface area contributed by atoms with Gasteiger partial charge in [0.1, 0.15) is 5.82 Å². The normalized spacial score (nSPS) is 10.3. The lowest BCUT2D eigenvalue weighted by atomic mass is 10.1. The minimum absolute atomic E-state index is 0.284. The predicted octanol–water partition coefficient (Wildman–Crippen LogP) is 4.13. The molecule has 0 aliphatic heterocycles. The van der Waals surface area contributed by atoms with Crippen LogP contribution in [-0.4, -0.2) is 6.29 Å². The molecule has 0 fully saturated rings. The second-order valence-electron chi connectivity index (χ2n) is 2.98. The fraction of sp³-hybridized carbons (Fsp3) is 0. The van der Waals surface area contributed by atoms with Gasteiger partial charge in [-0.3, -0.25) is 4.79 Å². The molecule has 1 aromatic carbocycles.